The van der Waals surface area contributed by atoms with Crippen LogP contribution in [0, 0.1) is 0 Å². The summed E-state index contributed by atoms with van der Waals surface area (Å²) in [6, 6.07) is 12.4. The van der Waals surface area contributed by atoms with Crippen LogP contribution in [0.3, 0.4) is 0 Å². The molecule has 0 aliphatic heterocycles. The van der Waals surface area contributed by atoms with Gasteiger partial charge in [-0.3, -0.25) is 0 Å². The third kappa shape index (κ3) is 2.89. The average molecular weight is 298 g/mol. The predicted octanol–water partition coefficient (Wildman–Crippen LogP) is 3.37. The Morgan fingerprint density at radius 1 is 1.24 bits per heavy atom. The molecule has 0 radical (unpaired) electrons. The van der Waals surface area contributed by atoms with Gasteiger partial charge in [-0.15, -0.1) is 11.3 Å². The number of rotatable bonds is 5. The molecule has 1 atom stereocenters. The molecule has 0 saturated carbocycles. The first-order valence-electron chi connectivity index (χ1n) is 7.06. The molecule has 2 aromatic heterocycles. The Hall–Kier alpha value is -1.98. The minimum Gasteiger partial charge on any atom is -0.361 e. The fraction of sp³-hybridized carbons (Fsp3) is 0.250. The average Bonchev–Trinajstić information content (AvgIpc) is 2.97. The zero-order chi connectivity index (χ0) is 14.7. The summed E-state index contributed by atoms with van der Waals surface area (Å²) in [7, 11) is 0. The van der Waals surface area contributed by atoms with Crippen molar-refractivity contribution >= 4 is 27.4 Å². The van der Waals surface area contributed by atoms with Crippen molar-refractivity contribution < 1.29 is 0 Å². The van der Waals surface area contributed by atoms with Crippen molar-refractivity contribution in [1.29, 1.82) is 0 Å². The second-order valence-corrected chi connectivity index (χ2v) is 5.97. The third-order valence-corrected chi connectivity index (χ3v) is 4.66. The number of aromatic nitrogens is 2. The zero-order valence-electron chi connectivity index (χ0n) is 11.9. The van der Waals surface area contributed by atoms with Gasteiger partial charge >= 0.3 is 0 Å². The molecule has 3 aromatic rings. The van der Waals surface area contributed by atoms with Crippen LogP contribution >= 0.6 is 11.3 Å². The van der Waals surface area contributed by atoms with Gasteiger partial charge in [0.2, 0.25) is 0 Å². The molecule has 21 heavy (non-hydrogen) atoms. The first-order chi connectivity index (χ1) is 10.3. The van der Waals surface area contributed by atoms with Gasteiger partial charge in [0, 0.05) is 11.4 Å². The highest BCUT2D eigenvalue weighted by Crippen LogP contribution is 2.30. The molecule has 0 spiro atoms. The molecule has 5 heteroatoms. The van der Waals surface area contributed by atoms with Gasteiger partial charge < -0.3 is 11.1 Å². The molecule has 0 aliphatic carbocycles. The second kappa shape index (κ2) is 6.20. The predicted molar refractivity (Wildman–Crippen MR) is 88.7 cm³/mol. The molecule has 0 amide bonds. The molecule has 1 unspecified atom stereocenters. The number of aryl methyl sites for hydroxylation is 1. The molecule has 1 aromatic carbocycles. The monoisotopic (exact) mass is 298 g/mol. The lowest BCUT2D eigenvalue weighted by atomic mass is 10.1. The number of nitrogens with two attached hydrogens (primary N) is 1. The van der Waals surface area contributed by atoms with E-state index in [1.807, 2.05) is 18.2 Å². The summed E-state index contributed by atoms with van der Waals surface area (Å²) >= 11 is 1.72. The van der Waals surface area contributed by atoms with Crippen LogP contribution in [-0.4, -0.2) is 16.5 Å². The normalized spacial score (nSPS) is 12.5. The smallest absolute Gasteiger partial charge is 0.138 e. The Morgan fingerprint density at radius 3 is 2.76 bits per heavy atom. The summed E-state index contributed by atoms with van der Waals surface area (Å²) in [5.74, 6) is 0.857. The topological polar surface area (TPSA) is 63.8 Å². The lowest BCUT2D eigenvalue weighted by Crippen LogP contribution is -2.21. The van der Waals surface area contributed by atoms with E-state index in [-0.39, 0.29) is 6.04 Å². The Balaban J connectivity index is 1.95. The number of nitrogens with zero attached hydrogens (tertiary/aromatic N) is 2. The van der Waals surface area contributed by atoms with Crippen LogP contribution in [0.4, 0.5) is 5.82 Å². The van der Waals surface area contributed by atoms with Crippen molar-refractivity contribution in [3.05, 3.63) is 53.2 Å². The van der Waals surface area contributed by atoms with Gasteiger partial charge in [-0.25, -0.2) is 9.97 Å². The van der Waals surface area contributed by atoms with Gasteiger partial charge in [0.15, 0.2) is 0 Å². The van der Waals surface area contributed by atoms with E-state index in [0.717, 1.165) is 28.0 Å². The molecule has 0 aliphatic rings. The summed E-state index contributed by atoms with van der Waals surface area (Å²) in [6.07, 6.45) is 2.62. The first kappa shape index (κ1) is 14.0. The van der Waals surface area contributed by atoms with Crippen molar-refractivity contribution in [3.8, 4) is 0 Å². The van der Waals surface area contributed by atoms with Crippen LogP contribution in [0.1, 0.15) is 23.4 Å². The summed E-state index contributed by atoms with van der Waals surface area (Å²) in [5.41, 5.74) is 7.09. The van der Waals surface area contributed by atoms with E-state index >= 15 is 0 Å². The molecule has 0 fully saturated rings. The van der Waals surface area contributed by atoms with Crippen molar-refractivity contribution in [2.75, 3.05) is 11.9 Å². The van der Waals surface area contributed by atoms with Crippen LogP contribution in [-0.2, 0) is 6.42 Å². The molecule has 0 bridgehead atoms. The van der Waals surface area contributed by atoms with Crippen molar-refractivity contribution in [1.82, 2.24) is 9.97 Å². The molecule has 0 saturated heterocycles. The number of thiophene rings is 1. The lowest BCUT2D eigenvalue weighted by Gasteiger charge is -2.18. The van der Waals surface area contributed by atoms with Crippen molar-refractivity contribution in [2.45, 2.75) is 19.4 Å². The maximum absolute atomic E-state index is 5.92. The standard InChI is InChI=1S/C16H18N4S/c1-2-12-8-13-15(18-10-19-16(13)21-12)20-14(9-17)11-6-4-3-5-7-11/h3-8,10,14H,2,9,17H2,1H3,(H,18,19,20). The molecular formula is C16H18N4S. The zero-order valence-corrected chi connectivity index (χ0v) is 12.7. The first-order valence-corrected chi connectivity index (χ1v) is 7.88. The van der Waals surface area contributed by atoms with E-state index in [1.54, 1.807) is 17.7 Å². The Morgan fingerprint density at radius 2 is 2.05 bits per heavy atom. The number of fused-ring (bicyclic) bond motifs is 1. The van der Waals surface area contributed by atoms with Crippen LogP contribution in [0.5, 0.6) is 0 Å². The SMILES string of the molecule is CCc1cc2c(NC(CN)c3ccccc3)ncnc2s1. The van der Waals surface area contributed by atoms with Crippen LogP contribution in [0.15, 0.2) is 42.7 Å². The minimum atomic E-state index is 0.0503. The van der Waals surface area contributed by atoms with Gasteiger partial charge in [-0.2, -0.15) is 0 Å². The van der Waals surface area contributed by atoms with Crippen molar-refractivity contribution in [3.63, 3.8) is 0 Å². The number of hydrogen-bond donors (Lipinski definition) is 2. The minimum absolute atomic E-state index is 0.0503. The number of hydrogen-bond acceptors (Lipinski definition) is 5. The number of anilines is 1. The highest BCUT2D eigenvalue weighted by atomic mass is 32.1. The van der Waals surface area contributed by atoms with E-state index in [9.17, 15) is 0 Å². The molecular weight excluding hydrogens is 280 g/mol. The molecule has 108 valence electrons. The fourth-order valence-corrected chi connectivity index (χ4v) is 3.26. The number of benzene rings is 1. The van der Waals surface area contributed by atoms with Crippen LogP contribution in [0.25, 0.3) is 10.2 Å². The van der Waals surface area contributed by atoms with E-state index in [4.69, 9.17) is 5.73 Å². The van der Waals surface area contributed by atoms with Crippen LogP contribution in [0.2, 0.25) is 0 Å². The third-order valence-electron chi connectivity index (χ3n) is 3.48. The van der Waals surface area contributed by atoms with Gasteiger partial charge in [-0.05, 0) is 18.1 Å². The maximum atomic E-state index is 5.92. The van der Waals surface area contributed by atoms with Gasteiger partial charge in [0.1, 0.15) is 17.0 Å². The van der Waals surface area contributed by atoms with E-state index in [2.05, 4.69) is 40.4 Å². The molecule has 3 N–H and O–H groups in total. The summed E-state index contributed by atoms with van der Waals surface area (Å²) < 4.78 is 0. The summed E-state index contributed by atoms with van der Waals surface area (Å²) in [5, 5.41) is 4.53. The quantitative estimate of drug-likeness (QED) is 0.758. The fourth-order valence-electron chi connectivity index (χ4n) is 2.32. The van der Waals surface area contributed by atoms with Crippen molar-refractivity contribution in [2.24, 2.45) is 5.73 Å². The molecule has 3 rings (SSSR count). The number of nitrogens with one attached hydrogen (secondary N) is 1. The lowest BCUT2D eigenvalue weighted by molar-refractivity contribution is 0.785. The van der Waals surface area contributed by atoms with E-state index in [1.165, 1.54) is 4.88 Å². The van der Waals surface area contributed by atoms with Gasteiger partial charge in [0.05, 0.1) is 11.4 Å². The largest absolute Gasteiger partial charge is 0.361 e. The van der Waals surface area contributed by atoms with Gasteiger partial charge in [0.25, 0.3) is 0 Å². The maximum Gasteiger partial charge on any atom is 0.138 e. The molecule has 4 nitrogen and oxygen atoms in total. The van der Waals surface area contributed by atoms with Crippen LogP contribution < -0.4 is 11.1 Å². The second-order valence-electron chi connectivity index (χ2n) is 4.85. The summed E-state index contributed by atoms with van der Waals surface area (Å²) in [4.78, 5) is 11.1. The summed E-state index contributed by atoms with van der Waals surface area (Å²) in [6.45, 7) is 2.66. The van der Waals surface area contributed by atoms with Gasteiger partial charge in [-0.1, -0.05) is 37.3 Å². The Labute approximate surface area is 128 Å². The van der Waals surface area contributed by atoms with E-state index in [0.29, 0.717) is 6.54 Å². The Kier molecular flexibility index (Phi) is 4.13. The highest BCUT2D eigenvalue weighted by Gasteiger charge is 2.13. The Bertz CT molecular complexity index is 723. The highest BCUT2D eigenvalue weighted by molar-refractivity contribution is 7.18. The molecule has 2 heterocycles. The van der Waals surface area contributed by atoms with E-state index < -0.39 is 0 Å².